The fourth-order valence-corrected chi connectivity index (χ4v) is 2.25. The number of carbonyl (C=O) groups is 1. The molecule has 17 heavy (non-hydrogen) atoms. The van der Waals surface area contributed by atoms with Crippen LogP contribution in [0.25, 0.3) is 0 Å². The summed E-state index contributed by atoms with van der Waals surface area (Å²) in [7, 11) is 0. The minimum atomic E-state index is -0.371. The Morgan fingerprint density at radius 3 is 2.76 bits per heavy atom. The fourth-order valence-electron chi connectivity index (χ4n) is 2.25. The van der Waals surface area contributed by atoms with Crippen LogP contribution in [-0.2, 0) is 14.3 Å². The van der Waals surface area contributed by atoms with Crippen LogP contribution in [0.4, 0.5) is 0 Å². The molecule has 0 aromatic carbocycles. The molecule has 0 radical (unpaired) electrons. The van der Waals surface area contributed by atoms with E-state index in [0.29, 0.717) is 13.2 Å². The van der Waals surface area contributed by atoms with Crippen LogP contribution >= 0.6 is 0 Å². The van der Waals surface area contributed by atoms with Gasteiger partial charge in [0.2, 0.25) is 6.54 Å². The van der Waals surface area contributed by atoms with Gasteiger partial charge in [-0.05, 0) is 12.8 Å². The molecule has 1 aliphatic heterocycles. The molecule has 6 heteroatoms. The smallest absolute Gasteiger partial charge is 0.308 e. The Bertz CT molecular complexity index is 281. The van der Waals surface area contributed by atoms with Crippen molar-refractivity contribution in [3.05, 3.63) is 10.1 Å². The maximum absolute atomic E-state index is 11.4. The maximum Gasteiger partial charge on any atom is 0.308 e. The summed E-state index contributed by atoms with van der Waals surface area (Å²) >= 11 is 0. The minimum Gasteiger partial charge on any atom is -0.466 e. The van der Waals surface area contributed by atoms with E-state index in [1.165, 1.54) is 0 Å². The molecule has 1 saturated heterocycles. The van der Waals surface area contributed by atoms with E-state index in [-0.39, 0.29) is 41.8 Å². The van der Waals surface area contributed by atoms with E-state index in [0.717, 1.165) is 6.42 Å². The second-order valence-electron chi connectivity index (χ2n) is 4.23. The predicted octanol–water partition coefficient (Wildman–Crippen LogP) is 1.26. The number of hydrogen-bond donors (Lipinski definition) is 0. The zero-order chi connectivity index (χ0) is 12.8. The van der Waals surface area contributed by atoms with Crippen molar-refractivity contribution in [2.45, 2.75) is 32.8 Å². The lowest BCUT2D eigenvalue weighted by atomic mass is 9.87. The predicted molar refractivity (Wildman–Crippen MR) is 60.1 cm³/mol. The zero-order valence-corrected chi connectivity index (χ0v) is 10.3. The average molecular weight is 245 g/mol. The quantitative estimate of drug-likeness (QED) is 0.400. The molecule has 98 valence electrons. The number of hydrogen-bond acceptors (Lipinski definition) is 5. The van der Waals surface area contributed by atoms with E-state index in [1.54, 1.807) is 6.92 Å². The molecule has 0 aromatic rings. The van der Waals surface area contributed by atoms with E-state index >= 15 is 0 Å². The van der Waals surface area contributed by atoms with Gasteiger partial charge >= 0.3 is 5.97 Å². The first-order valence-corrected chi connectivity index (χ1v) is 5.97. The van der Waals surface area contributed by atoms with Crippen molar-refractivity contribution < 1.29 is 19.2 Å². The minimum absolute atomic E-state index is 0.114. The Balaban J connectivity index is 2.57. The van der Waals surface area contributed by atoms with Gasteiger partial charge < -0.3 is 9.47 Å². The van der Waals surface area contributed by atoms with Gasteiger partial charge in [-0.25, -0.2) is 0 Å². The van der Waals surface area contributed by atoms with Crippen molar-refractivity contribution >= 4 is 5.97 Å². The molecule has 1 rings (SSSR count). The van der Waals surface area contributed by atoms with Crippen molar-refractivity contribution in [2.24, 2.45) is 11.8 Å². The van der Waals surface area contributed by atoms with Crippen LogP contribution < -0.4 is 0 Å². The SMILES string of the molecule is CCOC(=O)C[C@H]1OC[C@H](CC)[C@@H]1C[N+](=O)[O-]. The highest BCUT2D eigenvalue weighted by Gasteiger charge is 2.40. The Hall–Kier alpha value is -1.17. The molecule has 0 bridgehead atoms. The number of esters is 1. The van der Waals surface area contributed by atoms with Crippen LogP contribution in [0.5, 0.6) is 0 Å². The van der Waals surface area contributed by atoms with E-state index in [1.807, 2.05) is 6.92 Å². The molecule has 0 aromatic heterocycles. The lowest BCUT2D eigenvalue weighted by molar-refractivity contribution is -0.490. The van der Waals surface area contributed by atoms with Crippen LogP contribution in [-0.4, -0.2) is 36.8 Å². The van der Waals surface area contributed by atoms with Crippen LogP contribution in [0.15, 0.2) is 0 Å². The molecular formula is C11H19NO5. The summed E-state index contributed by atoms with van der Waals surface area (Å²) < 4.78 is 10.3. The summed E-state index contributed by atoms with van der Waals surface area (Å²) in [4.78, 5) is 21.6. The summed E-state index contributed by atoms with van der Waals surface area (Å²) in [6.07, 6.45) is 0.574. The van der Waals surface area contributed by atoms with Crippen LogP contribution in [0.1, 0.15) is 26.7 Å². The first kappa shape index (κ1) is 13.9. The van der Waals surface area contributed by atoms with Crippen molar-refractivity contribution in [1.29, 1.82) is 0 Å². The summed E-state index contributed by atoms with van der Waals surface area (Å²) in [5.74, 6) is -0.359. The number of ether oxygens (including phenoxy) is 2. The lowest BCUT2D eigenvalue weighted by Crippen LogP contribution is -2.30. The van der Waals surface area contributed by atoms with E-state index in [4.69, 9.17) is 9.47 Å². The third-order valence-corrected chi connectivity index (χ3v) is 3.16. The maximum atomic E-state index is 11.4. The average Bonchev–Trinajstić information content (AvgIpc) is 2.60. The van der Waals surface area contributed by atoms with Crippen molar-refractivity contribution in [3.63, 3.8) is 0 Å². The third-order valence-electron chi connectivity index (χ3n) is 3.16. The van der Waals surface area contributed by atoms with Gasteiger partial charge in [0, 0.05) is 4.92 Å². The molecule has 0 unspecified atom stereocenters. The topological polar surface area (TPSA) is 78.7 Å². The van der Waals surface area contributed by atoms with E-state index in [9.17, 15) is 14.9 Å². The van der Waals surface area contributed by atoms with Crippen LogP contribution in [0.3, 0.4) is 0 Å². The summed E-state index contributed by atoms with van der Waals surface area (Å²) in [5, 5.41) is 10.6. The molecule has 1 fully saturated rings. The molecule has 1 heterocycles. The Morgan fingerprint density at radius 1 is 1.53 bits per heavy atom. The second-order valence-corrected chi connectivity index (χ2v) is 4.23. The van der Waals surface area contributed by atoms with Gasteiger partial charge in [-0.3, -0.25) is 14.9 Å². The molecule has 0 amide bonds. The molecule has 6 nitrogen and oxygen atoms in total. The van der Waals surface area contributed by atoms with Gasteiger partial charge in [0.05, 0.1) is 31.7 Å². The molecule has 0 saturated carbocycles. The van der Waals surface area contributed by atoms with E-state index < -0.39 is 0 Å². The van der Waals surface area contributed by atoms with Crippen LogP contribution in [0.2, 0.25) is 0 Å². The Morgan fingerprint density at radius 2 is 2.24 bits per heavy atom. The molecule has 0 aliphatic carbocycles. The normalized spacial score (nSPS) is 28.0. The largest absolute Gasteiger partial charge is 0.466 e. The fraction of sp³-hybridized carbons (Fsp3) is 0.909. The third kappa shape index (κ3) is 3.96. The second kappa shape index (κ2) is 6.54. The van der Waals surface area contributed by atoms with Gasteiger partial charge in [0.1, 0.15) is 0 Å². The van der Waals surface area contributed by atoms with Crippen molar-refractivity contribution in [3.8, 4) is 0 Å². The Labute approximate surface area is 100 Å². The Kier molecular flexibility index (Phi) is 5.34. The van der Waals surface area contributed by atoms with Gasteiger partial charge in [0.25, 0.3) is 0 Å². The van der Waals surface area contributed by atoms with Gasteiger partial charge in [-0.1, -0.05) is 13.3 Å². The highest BCUT2D eigenvalue weighted by Crippen LogP contribution is 2.31. The summed E-state index contributed by atoms with van der Waals surface area (Å²) in [5.41, 5.74) is 0. The highest BCUT2D eigenvalue weighted by atomic mass is 16.6. The molecular weight excluding hydrogens is 226 g/mol. The molecule has 1 aliphatic rings. The first-order valence-electron chi connectivity index (χ1n) is 5.97. The first-order chi connectivity index (χ1) is 8.08. The number of carbonyl (C=O) groups excluding carboxylic acids is 1. The highest BCUT2D eigenvalue weighted by molar-refractivity contribution is 5.70. The van der Waals surface area contributed by atoms with Crippen molar-refractivity contribution in [1.82, 2.24) is 0 Å². The monoisotopic (exact) mass is 245 g/mol. The van der Waals surface area contributed by atoms with Gasteiger partial charge in [-0.15, -0.1) is 0 Å². The molecule has 0 N–H and O–H groups in total. The molecule has 3 atom stereocenters. The number of nitrogens with zero attached hydrogens (tertiary/aromatic N) is 1. The van der Waals surface area contributed by atoms with Gasteiger partial charge in [-0.2, -0.15) is 0 Å². The van der Waals surface area contributed by atoms with E-state index in [2.05, 4.69) is 0 Å². The lowest BCUT2D eigenvalue weighted by Gasteiger charge is -2.17. The van der Waals surface area contributed by atoms with Gasteiger partial charge in [0.15, 0.2) is 0 Å². The summed E-state index contributed by atoms with van der Waals surface area (Å²) in [6, 6.07) is 0. The summed E-state index contributed by atoms with van der Waals surface area (Å²) in [6.45, 7) is 4.40. The number of nitro groups is 1. The van der Waals surface area contributed by atoms with Crippen molar-refractivity contribution in [2.75, 3.05) is 19.8 Å². The van der Waals surface area contributed by atoms with Crippen LogP contribution in [0, 0.1) is 22.0 Å². The standard InChI is InChI=1S/C11H19NO5/c1-3-8-7-17-10(5-11(13)16-4-2)9(8)6-12(14)15/h8-10H,3-7H2,1-2H3/t8-,9-,10+/m0/s1. The molecule has 0 spiro atoms. The zero-order valence-electron chi connectivity index (χ0n) is 10.3. The number of rotatable bonds is 6.